The van der Waals surface area contributed by atoms with Crippen LogP contribution >= 0.6 is 0 Å². The third-order valence-electron chi connectivity index (χ3n) is 1.81. The number of para-hydroxylation sites is 1. The highest BCUT2D eigenvalue weighted by Gasteiger charge is 2.14. The van der Waals surface area contributed by atoms with Crippen LogP contribution in [0.15, 0.2) is 35.5 Å². The van der Waals surface area contributed by atoms with Gasteiger partial charge in [-0.05, 0) is 12.1 Å². The molecule has 1 aromatic rings. The van der Waals surface area contributed by atoms with Crippen LogP contribution in [0.3, 0.4) is 0 Å². The van der Waals surface area contributed by atoms with Crippen LogP contribution in [-0.4, -0.2) is 31.2 Å². The van der Waals surface area contributed by atoms with Crippen molar-refractivity contribution in [3.63, 3.8) is 0 Å². The number of methoxy groups -OCH3 is 1. The number of hydrogen-bond acceptors (Lipinski definition) is 4. The van der Waals surface area contributed by atoms with Gasteiger partial charge in [-0.1, -0.05) is 18.2 Å². The van der Waals surface area contributed by atoms with E-state index in [0.717, 1.165) is 0 Å². The maximum Gasteiger partial charge on any atom is 0.414 e. The molecule has 0 aliphatic heterocycles. The van der Waals surface area contributed by atoms with Crippen molar-refractivity contribution in [1.82, 2.24) is 0 Å². The van der Waals surface area contributed by atoms with Crippen LogP contribution in [0.25, 0.3) is 0 Å². The van der Waals surface area contributed by atoms with Crippen LogP contribution in [0.2, 0.25) is 0 Å². The van der Waals surface area contributed by atoms with Gasteiger partial charge in [-0.2, -0.15) is 0 Å². The number of oxime groups is 1. The van der Waals surface area contributed by atoms with E-state index in [1.165, 1.54) is 18.2 Å². The minimum atomic E-state index is -0.499. The number of carbonyl (C=O) groups excluding carboxylic acids is 1. The van der Waals surface area contributed by atoms with E-state index in [9.17, 15) is 4.79 Å². The Bertz CT molecular complexity index is 338. The number of amides is 1. The van der Waals surface area contributed by atoms with Gasteiger partial charge in [-0.15, -0.1) is 5.16 Å². The second-order valence-corrected chi connectivity index (χ2v) is 2.71. The lowest BCUT2D eigenvalue weighted by Crippen LogP contribution is -2.32. The van der Waals surface area contributed by atoms with Crippen LogP contribution in [0.1, 0.15) is 0 Å². The zero-order chi connectivity index (χ0) is 11.1. The predicted octanol–water partition coefficient (Wildman–Crippen LogP) is 1.72. The van der Waals surface area contributed by atoms with E-state index in [4.69, 9.17) is 5.21 Å². The van der Waals surface area contributed by atoms with Crippen molar-refractivity contribution in [2.45, 2.75) is 0 Å². The Labute approximate surface area is 87.6 Å². The van der Waals surface area contributed by atoms with Gasteiger partial charge < -0.3 is 9.94 Å². The zero-order valence-corrected chi connectivity index (χ0v) is 8.33. The Kier molecular flexibility index (Phi) is 4.15. The smallest absolute Gasteiger partial charge is 0.414 e. The molecule has 0 aliphatic carbocycles. The lowest BCUT2D eigenvalue weighted by Gasteiger charge is -2.18. The minimum absolute atomic E-state index is 0.160. The molecule has 80 valence electrons. The fourth-order valence-corrected chi connectivity index (χ4v) is 1.12. The SMILES string of the molecule is COC(=O)N(C/C=N/O)c1ccccc1. The molecule has 1 N–H and O–H groups in total. The largest absolute Gasteiger partial charge is 0.452 e. The van der Waals surface area contributed by atoms with Crippen molar-refractivity contribution < 1.29 is 14.7 Å². The second kappa shape index (κ2) is 5.64. The molecule has 0 bridgehead atoms. The van der Waals surface area contributed by atoms with Crippen molar-refractivity contribution in [2.24, 2.45) is 5.16 Å². The van der Waals surface area contributed by atoms with Crippen LogP contribution in [-0.2, 0) is 4.74 Å². The lowest BCUT2D eigenvalue weighted by molar-refractivity contribution is 0.179. The Morgan fingerprint density at radius 2 is 2.20 bits per heavy atom. The molecular formula is C10H12N2O3. The fraction of sp³-hybridized carbons (Fsp3) is 0.200. The van der Waals surface area contributed by atoms with Gasteiger partial charge in [0.1, 0.15) is 0 Å². The molecule has 5 nitrogen and oxygen atoms in total. The van der Waals surface area contributed by atoms with Crippen molar-refractivity contribution >= 4 is 18.0 Å². The molecule has 0 fully saturated rings. The summed E-state index contributed by atoms with van der Waals surface area (Å²) in [4.78, 5) is 12.7. The average molecular weight is 208 g/mol. The second-order valence-electron chi connectivity index (χ2n) is 2.71. The van der Waals surface area contributed by atoms with Gasteiger partial charge in [0.05, 0.1) is 19.9 Å². The standard InChI is InChI=1S/C10H12N2O3/c1-15-10(13)12(8-7-11-14)9-5-3-2-4-6-9/h2-7,14H,8H2,1H3/b11-7+. The number of carbonyl (C=O) groups is 1. The van der Waals surface area contributed by atoms with Gasteiger partial charge in [0.15, 0.2) is 0 Å². The monoisotopic (exact) mass is 208 g/mol. The Morgan fingerprint density at radius 3 is 2.73 bits per heavy atom. The number of anilines is 1. The number of ether oxygens (including phenoxy) is 1. The van der Waals surface area contributed by atoms with Gasteiger partial charge in [0, 0.05) is 5.69 Å². The molecule has 0 aromatic heterocycles. The van der Waals surface area contributed by atoms with E-state index >= 15 is 0 Å². The van der Waals surface area contributed by atoms with Gasteiger partial charge in [-0.3, -0.25) is 4.90 Å². The first-order valence-electron chi connectivity index (χ1n) is 4.36. The highest BCUT2D eigenvalue weighted by molar-refractivity contribution is 5.91. The summed E-state index contributed by atoms with van der Waals surface area (Å²) in [6.45, 7) is 0.160. The maximum absolute atomic E-state index is 11.4. The summed E-state index contributed by atoms with van der Waals surface area (Å²) in [5.74, 6) is 0. The molecule has 0 spiro atoms. The van der Waals surface area contributed by atoms with E-state index in [1.54, 1.807) is 24.3 Å². The topological polar surface area (TPSA) is 62.1 Å². The third kappa shape index (κ3) is 2.98. The third-order valence-corrected chi connectivity index (χ3v) is 1.81. The summed E-state index contributed by atoms with van der Waals surface area (Å²) in [5, 5.41) is 11.2. The molecule has 0 atom stereocenters. The van der Waals surface area contributed by atoms with E-state index in [-0.39, 0.29) is 6.54 Å². The molecule has 1 aromatic carbocycles. The number of hydrogen-bond donors (Lipinski definition) is 1. The van der Waals surface area contributed by atoms with Crippen molar-refractivity contribution in [2.75, 3.05) is 18.6 Å². The van der Waals surface area contributed by atoms with Crippen LogP contribution in [0.5, 0.6) is 0 Å². The normalized spacial score (nSPS) is 10.2. The number of rotatable bonds is 3. The maximum atomic E-state index is 11.4. The zero-order valence-electron chi connectivity index (χ0n) is 8.33. The Hall–Kier alpha value is -2.04. The van der Waals surface area contributed by atoms with Crippen molar-refractivity contribution in [1.29, 1.82) is 0 Å². The Morgan fingerprint density at radius 1 is 1.53 bits per heavy atom. The van der Waals surface area contributed by atoms with E-state index in [2.05, 4.69) is 9.89 Å². The fourth-order valence-electron chi connectivity index (χ4n) is 1.12. The predicted molar refractivity (Wildman–Crippen MR) is 56.5 cm³/mol. The van der Waals surface area contributed by atoms with Crippen LogP contribution in [0.4, 0.5) is 10.5 Å². The molecular weight excluding hydrogens is 196 g/mol. The summed E-state index contributed by atoms with van der Waals surface area (Å²) < 4.78 is 4.61. The summed E-state index contributed by atoms with van der Waals surface area (Å²) in [6, 6.07) is 8.99. The van der Waals surface area contributed by atoms with E-state index in [1.807, 2.05) is 6.07 Å². The molecule has 15 heavy (non-hydrogen) atoms. The van der Waals surface area contributed by atoms with Gasteiger partial charge >= 0.3 is 6.09 Å². The van der Waals surface area contributed by atoms with Crippen molar-refractivity contribution in [3.8, 4) is 0 Å². The first-order chi connectivity index (χ1) is 7.29. The molecule has 0 saturated heterocycles. The molecule has 0 unspecified atom stereocenters. The van der Waals surface area contributed by atoms with Crippen LogP contribution in [0, 0.1) is 0 Å². The molecule has 1 amide bonds. The first kappa shape index (κ1) is 11.0. The average Bonchev–Trinajstić information content (AvgIpc) is 2.30. The van der Waals surface area contributed by atoms with E-state index < -0.39 is 6.09 Å². The van der Waals surface area contributed by atoms with Gasteiger partial charge in [0.25, 0.3) is 0 Å². The quantitative estimate of drug-likeness (QED) is 0.467. The Balaban J connectivity index is 2.86. The molecule has 0 aliphatic rings. The number of benzene rings is 1. The summed E-state index contributed by atoms with van der Waals surface area (Å²) in [7, 11) is 1.30. The van der Waals surface area contributed by atoms with Gasteiger partial charge in [0.2, 0.25) is 0 Å². The minimum Gasteiger partial charge on any atom is -0.452 e. The molecule has 0 heterocycles. The van der Waals surface area contributed by atoms with E-state index in [0.29, 0.717) is 5.69 Å². The molecule has 0 radical (unpaired) electrons. The number of nitrogens with zero attached hydrogens (tertiary/aromatic N) is 2. The highest BCUT2D eigenvalue weighted by Crippen LogP contribution is 2.13. The van der Waals surface area contributed by atoms with Crippen LogP contribution < -0.4 is 4.90 Å². The molecule has 5 heteroatoms. The lowest BCUT2D eigenvalue weighted by atomic mass is 10.3. The molecule has 0 saturated carbocycles. The molecule has 1 rings (SSSR count). The van der Waals surface area contributed by atoms with Crippen molar-refractivity contribution in [3.05, 3.63) is 30.3 Å². The summed E-state index contributed by atoms with van der Waals surface area (Å²) >= 11 is 0. The highest BCUT2D eigenvalue weighted by atomic mass is 16.5. The summed E-state index contributed by atoms with van der Waals surface area (Å²) in [6.07, 6.45) is 0.713. The van der Waals surface area contributed by atoms with Gasteiger partial charge in [-0.25, -0.2) is 4.79 Å². The first-order valence-corrected chi connectivity index (χ1v) is 4.36. The summed E-state index contributed by atoms with van der Waals surface area (Å²) in [5.41, 5.74) is 0.684.